The van der Waals surface area contributed by atoms with Crippen molar-refractivity contribution < 1.29 is 15.3 Å². The van der Waals surface area contributed by atoms with Gasteiger partial charge in [-0.25, -0.2) is 0 Å². The molecule has 0 saturated heterocycles. The van der Waals surface area contributed by atoms with Crippen molar-refractivity contribution in [1.82, 2.24) is 0 Å². The standard InChI is InChI=1S/C8H18O.C7H16O.C6H14O/c1-2-3-4-5-6-7-8-9;1-2-3-4-5-6-7-8;1-2-3-4-5-6-7/h9H,2-8H2,1H3;8H,2-7H2,1H3;7H,2-6H2,1H3. The summed E-state index contributed by atoms with van der Waals surface area (Å²) in [5, 5.41) is 25.1. The molecule has 0 spiro atoms. The molecule has 3 nitrogen and oxygen atoms in total. The summed E-state index contributed by atoms with van der Waals surface area (Å²) in [6.45, 7) is 7.66. The van der Waals surface area contributed by atoms with Crippen LogP contribution in [0.3, 0.4) is 0 Å². The molecule has 0 radical (unpaired) electrons. The van der Waals surface area contributed by atoms with E-state index in [1.807, 2.05) is 0 Å². The van der Waals surface area contributed by atoms with Crippen LogP contribution in [0.1, 0.15) is 117 Å². The van der Waals surface area contributed by atoms with Crippen molar-refractivity contribution in [2.45, 2.75) is 117 Å². The van der Waals surface area contributed by atoms with Crippen molar-refractivity contribution in [3.05, 3.63) is 0 Å². The Balaban J connectivity index is -0.000000278. The Morgan fingerprint density at radius 1 is 0.333 bits per heavy atom. The Kier molecular flexibility index (Phi) is 40.9. The maximum absolute atomic E-state index is 8.42. The topological polar surface area (TPSA) is 60.7 Å². The summed E-state index contributed by atoms with van der Waals surface area (Å²) in [5.74, 6) is 0. The van der Waals surface area contributed by atoms with Crippen LogP contribution < -0.4 is 0 Å². The monoisotopic (exact) mass is 348 g/mol. The molecular formula is C21H48O3. The molecule has 0 aromatic heterocycles. The number of rotatable bonds is 15. The lowest BCUT2D eigenvalue weighted by molar-refractivity contribution is 0.282. The molecule has 3 N–H and O–H groups in total. The first-order chi connectivity index (χ1) is 11.7. The molecule has 0 saturated carbocycles. The van der Waals surface area contributed by atoms with Crippen molar-refractivity contribution >= 4 is 0 Å². The maximum Gasteiger partial charge on any atom is 0.0431 e. The molecule has 0 aliphatic heterocycles. The van der Waals surface area contributed by atoms with E-state index in [1.165, 1.54) is 77.0 Å². The van der Waals surface area contributed by atoms with Crippen LogP contribution in [-0.2, 0) is 0 Å². The van der Waals surface area contributed by atoms with Gasteiger partial charge in [-0.15, -0.1) is 0 Å². The van der Waals surface area contributed by atoms with E-state index in [1.54, 1.807) is 0 Å². The van der Waals surface area contributed by atoms with Crippen molar-refractivity contribution in [3.63, 3.8) is 0 Å². The van der Waals surface area contributed by atoms with E-state index in [9.17, 15) is 0 Å². The van der Waals surface area contributed by atoms with E-state index in [-0.39, 0.29) is 0 Å². The lowest BCUT2D eigenvalue weighted by atomic mass is 10.1. The van der Waals surface area contributed by atoms with Gasteiger partial charge in [-0.1, -0.05) is 97.8 Å². The third-order valence-electron chi connectivity index (χ3n) is 3.79. The molecular weight excluding hydrogens is 300 g/mol. The minimum atomic E-state index is 0.361. The number of hydrogen-bond acceptors (Lipinski definition) is 3. The molecule has 0 atom stereocenters. The first-order valence-corrected chi connectivity index (χ1v) is 10.6. The molecule has 0 fully saturated rings. The van der Waals surface area contributed by atoms with Gasteiger partial charge >= 0.3 is 0 Å². The molecule has 24 heavy (non-hydrogen) atoms. The molecule has 0 heterocycles. The number of unbranched alkanes of at least 4 members (excludes halogenated alkanes) is 12. The third-order valence-corrected chi connectivity index (χ3v) is 3.79. The van der Waals surface area contributed by atoms with Gasteiger partial charge in [0.25, 0.3) is 0 Å². The number of aliphatic hydroxyl groups excluding tert-OH is 3. The van der Waals surface area contributed by atoms with Gasteiger partial charge < -0.3 is 15.3 Å². The predicted molar refractivity (Wildman–Crippen MR) is 108 cm³/mol. The van der Waals surface area contributed by atoms with Crippen LogP contribution in [0.25, 0.3) is 0 Å². The molecule has 0 unspecified atom stereocenters. The van der Waals surface area contributed by atoms with Gasteiger partial charge in [0.2, 0.25) is 0 Å². The highest BCUT2D eigenvalue weighted by atomic mass is 16.3. The predicted octanol–water partition coefficient (Wildman–Crippen LogP) is 5.85. The average molecular weight is 349 g/mol. The van der Waals surface area contributed by atoms with Crippen LogP contribution in [0.15, 0.2) is 0 Å². The summed E-state index contributed by atoms with van der Waals surface area (Å²) >= 11 is 0. The highest BCUT2D eigenvalue weighted by Gasteiger charge is 1.86. The van der Waals surface area contributed by atoms with Crippen LogP contribution in [-0.4, -0.2) is 35.1 Å². The Labute approximate surface area is 152 Å². The number of aliphatic hydroxyl groups is 3. The zero-order valence-electron chi connectivity index (χ0n) is 17.1. The Bertz CT molecular complexity index is 147. The third kappa shape index (κ3) is 43.1. The SMILES string of the molecule is CCCCCCCCO.CCCCCCCO.CCCCCCO. The number of hydrogen-bond donors (Lipinski definition) is 3. The molecule has 0 bridgehead atoms. The lowest BCUT2D eigenvalue weighted by Crippen LogP contribution is -1.82. The second-order valence-electron chi connectivity index (χ2n) is 6.41. The average Bonchev–Trinajstić information content (AvgIpc) is 2.60. The lowest BCUT2D eigenvalue weighted by Gasteiger charge is -1.95. The largest absolute Gasteiger partial charge is 0.396 e. The van der Waals surface area contributed by atoms with Crippen LogP contribution >= 0.6 is 0 Å². The van der Waals surface area contributed by atoms with Crippen molar-refractivity contribution in [1.29, 1.82) is 0 Å². The molecule has 0 aliphatic carbocycles. The molecule has 0 amide bonds. The minimum Gasteiger partial charge on any atom is -0.396 e. The van der Waals surface area contributed by atoms with Gasteiger partial charge in [-0.3, -0.25) is 0 Å². The summed E-state index contributed by atoms with van der Waals surface area (Å²) in [5.41, 5.74) is 0. The van der Waals surface area contributed by atoms with E-state index < -0.39 is 0 Å². The zero-order valence-corrected chi connectivity index (χ0v) is 17.1. The molecule has 0 aromatic carbocycles. The van der Waals surface area contributed by atoms with Gasteiger partial charge in [0.1, 0.15) is 0 Å². The van der Waals surface area contributed by atoms with Gasteiger partial charge in [0.15, 0.2) is 0 Å². The van der Waals surface area contributed by atoms with E-state index in [0.717, 1.165) is 19.3 Å². The first-order valence-electron chi connectivity index (χ1n) is 10.6. The van der Waals surface area contributed by atoms with Crippen LogP contribution in [0.5, 0.6) is 0 Å². The summed E-state index contributed by atoms with van der Waals surface area (Å²) in [4.78, 5) is 0. The molecule has 0 rings (SSSR count). The maximum atomic E-state index is 8.42. The fourth-order valence-electron chi connectivity index (χ4n) is 2.15. The second kappa shape index (κ2) is 34.3. The van der Waals surface area contributed by atoms with Gasteiger partial charge in [-0.05, 0) is 19.3 Å². The highest BCUT2D eigenvalue weighted by molar-refractivity contribution is 4.41. The molecule has 0 aliphatic rings. The zero-order chi connectivity index (χ0) is 18.7. The van der Waals surface area contributed by atoms with Gasteiger partial charge in [-0.2, -0.15) is 0 Å². The van der Waals surface area contributed by atoms with Crippen LogP contribution in [0.4, 0.5) is 0 Å². The second-order valence-corrected chi connectivity index (χ2v) is 6.41. The van der Waals surface area contributed by atoms with Crippen molar-refractivity contribution in [2.75, 3.05) is 19.8 Å². The molecule has 150 valence electrons. The Hall–Kier alpha value is -0.120. The molecule has 0 aromatic rings. The van der Waals surface area contributed by atoms with Gasteiger partial charge in [0.05, 0.1) is 0 Å². The normalized spacial score (nSPS) is 9.75. The van der Waals surface area contributed by atoms with Crippen molar-refractivity contribution in [2.24, 2.45) is 0 Å². The quantitative estimate of drug-likeness (QED) is 0.325. The van der Waals surface area contributed by atoms with Crippen LogP contribution in [0.2, 0.25) is 0 Å². The van der Waals surface area contributed by atoms with E-state index in [2.05, 4.69) is 20.8 Å². The fraction of sp³-hybridized carbons (Fsp3) is 1.00. The Morgan fingerprint density at radius 2 is 0.542 bits per heavy atom. The summed E-state index contributed by atoms with van der Waals surface area (Å²) < 4.78 is 0. The summed E-state index contributed by atoms with van der Waals surface area (Å²) in [6, 6.07) is 0. The van der Waals surface area contributed by atoms with E-state index >= 15 is 0 Å². The Morgan fingerprint density at radius 3 is 0.792 bits per heavy atom. The van der Waals surface area contributed by atoms with E-state index in [4.69, 9.17) is 15.3 Å². The minimum absolute atomic E-state index is 0.361. The smallest absolute Gasteiger partial charge is 0.0431 e. The summed E-state index contributed by atoms with van der Waals surface area (Å²) in [7, 11) is 0. The van der Waals surface area contributed by atoms with Gasteiger partial charge in [0, 0.05) is 19.8 Å². The van der Waals surface area contributed by atoms with Crippen LogP contribution in [0, 0.1) is 0 Å². The van der Waals surface area contributed by atoms with E-state index in [0.29, 0.717) is 19.8 Å². The highest BCUT2D eigenvalue weighted by Crippen LogP contribution is 2.03. The van der Waals surface area contributed by atoms with Crippen molar-refractivity contribution in [3.8, 4) is 0 Å². The molecule has 3 heteroatoms. The fourth-order valence-corrected chi connectivity index (χ4v) is 2.15. The first kappa shape index (κ1) is 28.7. The summed E-state index contributed by atoms with van der Waals surface area (Å²) in [6.07, 6.45) is 18.3.